The molecule has 1 amide bonds. The standard InChI is InChI=1S/C13H17NO2/c1-10-3-5-11(6-4-10)7-13(2)9-14-12(15)8-16-13/h3-6H,7-9H2,1-2H3,(H,14,15). The van der Waals surface area contributed by atoms with E-state index >= 15 is 0 Å². The van der Waals surface area contributed by atoms with Crippen molar-refractivity contribution in [3.05, 3.63) is 35.4 Å². The van der Waals surface area contributed by atoms with Crippen LogP contribution in [-0.4, -0.2) is 24.7 Å². The first-order valence-corrected chi connectivity index (χ1v) is 5.54. The average molecular weight is 219 g/mol. The van der Waals surface area contributed by atoms with Crippen LogP contribution in [0.15, 0.2) is 24.3 Å². The highest BCUT2D eigenvalue weighted by Crippen LogP contribution is 2.19. The zero-order valence-electron chi connectivity index (χ0n) is 9.75. The number of rotatable bonds is 2. The third-order valence-electron chi connectivity index (χ3n) is 2.91. The predicted molar refractivity (Wildman–Crippen MR) is 62.2 cm³/mol. The number of aryl methyl sites for hydroxylation is 1. The van der Waals surface area contributed by atoms with Gasteiger partial charge in [0.1, 0.15) is 6.61 Å². The third kappa shape index (κ3) is 2.61. The molecule has 0 radical (unpaired) electrons. The van der Waals surface area contributed by atoms with Gasteiger partial charge in [-0.05, 0) is 19.4 Å². The van der Waals surface area contributed by atoms with Crippen LogP contribution in [0.5, 0.6) is 0 Å². The van der Waals surface area contributed by atoms with Gasteiger partial charge in [-0.15, -0.1) is 0 Å². The minimum Gasteiger partial charge on any atom is -0.363 e. The van der Waals surface area contributed by atoms with Gasteiger partial charge < -0.3 is 10.1 Å². The molecule has 1 fully saturated rings. The van der Waals surface area contributed by atoms with E-state index in [0.717, 1.165) is 6.42 Å². The summed E-state index contributed by atoms with van der Waals surface area (Å²) in [5.41, 5.74) is 2.22. The smallest absolute Gasteiger partial charge is 0.246 e. The zero-order chi connectivity index (χ0) is 11.6. The molecule has 1 aromatic carbocycles. The lowest BCUT2D eigenvalue weighted by Crippen LogP contribution is -2.51. The van der Waals surface area contributed by atoms with Gasteiger partial charge in [-0.1, -0.05) is 29.8 Å². The Hall–Kier alpha value is -1.35. The lowest BCUT2D eigenvalue weighted by Gasteiger charge is -2.34. The lowest BCUT2D eigenvalue weighted by atomic mass is 9.94. The van der Waals surface area contributed by atoms with Crippen LogP contribution < -0.4 is 5.32 Å². The Morgan fingerprint density at radius 3 is 2.62 bits per heavy atom. The molecule has 0 aliphatic carbocycles. The molecule has 0 spiro atoms. The van der Waals surface area contributed by atoms with Crippen LogP contribution in [0.3, 0.4) is 0 Å². The second-order valence-corrected chi connectivity index (χ2v) is 4.68. The summed E-state index contributed by atoms with van der Waals surface area (Å²) in [6, 6.07) is 8.42. The largest absolute Gasteiger partial charge is 0.363 e. The van der Waals surface area contributed by atoms with E-state index in [1.807, 2.05) is 6.92 Å². The molecular weight excluding hydrogens is 202 g/mol. The maximum Gasteiger partial charge on any atom is 0.246 e. The van der Waals surface area contributed by atoms with E-state index in [4.69, 9.17) is 4.74 Å². The molecule has 2 rings (SSSR count). The predicted octanol–water partition coefficient (Wildman–Crippen LogP) is 1.44. The SMILES string of the molecule is Cc1ccc(CC2(C)CNC(=O)CO2)cc1. The summed E-state index contributed by atoms with van der Waals surface area (Å²) in [4.78, 5) is 11.0. The van der Waals surface area contributed by atoms with Crippen molar-refractivity contribution in [1.82, 2.24) is 5.32 Å². The molecule has 0 saturated carbocycles. The number of carbonyl (C=O) groups excluding carboxylic acids is 1. The number of benzene rings is 1. The highest BCUT2D eigenvalue weighted by atomic mass is 16.5. The quantitative estimate of drug-likeness (QED) is 0.817. The molecule has 1 heterocycles. The summed E-state index contributed by atoms with van der Waals surface area (Å²) in [5, 5.41) is 2.84. The molecule has 1 saturated heterocycles. The Morgan fingerprint density at radius 1 is 1.38 bits per heavy atom. The van der Waals surface area contributed by atoms with E-state index < -0.39 is 0 Å². The molecule has 3 heteroatoms. The van der Waals surface area contributed by atoms with Gasteiger partial charge in [0.15, 0.2) is 0 Å². The molecule has 1 unspecified atom stereocenters. The van der Waals surface area contributed by atoms with E-state index in [1.165, 1.54) is 11.1 Å². The lowest BCUT2D eigenvalue weighted by molar-refractivity contribution is -0.141. The Morgan fingerprint density at radius 2 is 2.06 bits per heavy atom. The molecule has 0 bridgehead atoms. The van der Waals surface area contributed by atoms with E-state index in [1.54, 1.807) is 0 Å². The maximum atomic E-state index is 11.0. The first-order valence-electron chi connectivity index (χ1n) is 5.54. The van der Waals surface area contributed by atoms with Crippen molar-refractivity contribution in [3.63, 3.8) is 0 Å². The summed E-state index contributed by atoms with van der Waals surface area (Å²) in [5.74, 6) is -0.0265. The second kappa shape index (κ2) is 4.26. The van der Waals surface area contributed by atoms with E-state index in [9.17, 15) is 4.79 Å². The van der Waals surface area contributed by atoms with Crippen LogP contribution in [0.1, 0.15) is 18.1 Å². The number of nitrogens with one attached hydrogen (secondary N) is 1. The van der Waals surface area contributed by atoms with Crippen LogP contribution >= 0.6 is 0 Å². The van der Waals surface area contributed by atoms with E-state index in [0.29, 0.717) is 6.54 Å². The zero-order valence-corrected chi connectivity index (χ0v) is 9.75. The number of hydrogen-bond donors (Lipinski definition) is 1. The summed E-state index contributed by atoms with van der Waals surface area (Å²) in [7, 11) is 0. The third-order valence-corrected chi connectivity index (χ3v) is 2.91. The van der Waals surface area contributed by atoms with E-state index in [-0.39, 0.29) is 18.1 Å². The van der Waals surface area contributed by atoms with Crippen LogP contribution in [0, 0.1) is 6.92 Å². The Balaban J connectivity index is 2.03. The van der Waals surface area contributed by atoms with Crippen molar-refractivity contribution in [3.8, 4) is 0 Å². The Labute approximate surface area is 95.8 Å². The summed E-state index contributed by atoms with van der Waals surface area (Å²) < 4.78 is 5.60. The van der Waals surface area contributed by atoms with Gasteiger partial charge in [0.2, 0.25) is 5.91 Å². The number of hydrogen-bond acceptors (Lipinski definition) is 2. The highest BCUT2D eigenvalue weighted by Gasteiger charge is 2.30. The van der Waals surface area contributed by atoms with Crippen LogP contribution in [0.25, 0.3) is 0 Å². The molecule has 1 aliphatic rings. The fourth-order valence-corrected chi connectivity index (χ4v) is 1.88. The summed E-state index contributed by atoms with van der Waals surface area (Å²) in [6.07, 6.45) is 0.827. The summed E-state index contributed by atoms with van der Waals surface area (Å²) in [6.45, 7) is 4.86. The van der Waals surface area contributed by atoms with Gasteiger partial charge in [-0.25, -0.2) is 0 Å². The molecule has 86 valence electrons. The molecule has 1 aromatic rings. The first kappa shape index (κ1) is 11.1. The number of morpholine rings is 1. The van der Waals surface area contributed by atoms with Crippen LogP contribution in [0.4, 0.5) is 0 Å². The fraction of sp³-hybridized carbons (Fsp3) is 0.462. The minimum absolute atomic E-state index is 0.0265. The molecular formula is C13H17NO2. The van der Waals surface area contributed by atoms with Crippen molar-refractivity contribution in [2.45, 2.75) is 25.9 Å². The number of ether oxygens (including phenoxy) is 1. The fourth-order valence-electron chi connectivity index (χ4n) is 1.88. The number of amides is 1. The van der Waals surface area contributed by atoms with Gasteiger partial charge in [0.25, 0.3) is 0 Å². The van der Waals surface area contributed by atoms with Gasteiger partial charge in [0.05, 0.1) is 5.60 Å². The van der Waals surface area contributed by atoms with Gasteiger partial charge in [-0.3, -0.25) is 4.79 Å². The molecule has 16 heavy (non-hydrogen) atoms. The Bertz CT molecular complexity index is 373. The van der Waals surface area contributed by atoms with Crippen molar-refractivity contribution < 1.29 is 9.53 Å². The highest BCUT2D eigenvalue weighted by molar-refractivity contribution is 5.78. The van der Waals surface area contributed by atoms with Crippen molar-refractivity contribution >= 4 is 5.91 Å². The molecule has 1 atom stereocenters. The van der Waals surface area contributed by atoms with Crippen molar-refractivity contribution in [2.24, 2.45) is 0 Å². The minimum atomic E-state index is -0.275. The second-order valence-electron chi connectivity index (χ2n) is 4.68. The monoisotopic (exact) mass is 219 g/mol. The van der Waals surface area contributed by atoms with Crippen molar-refractivity contribution in [2.75, 3.05) is 13.2 Å². The van der Waals surface area contributed by atoms with Crippen LogP contribution in [0.2, 0.25) is 0 Å². The first-order chi connectivity index (χ1) is 7.57. The van der Waals surface area contributed by atoms with Crippen LogP contribution in [-0.2, 0) is 16.0 Å². The van der Waals surface area contributed by atoms with Crippen molar-refractivity contribution in [1.29, 1.82) is 0 Å². The normalized spacial score (nSPS) is 25.2. The average Bonchev–Trinajstić information content (AvgIpc) is 2.27. The topological polar surface area (TPSA) is 38.3 Å². The maximum absolute atomic E-state index is 11.0. The molecule has 0 aromatic heterocycles. The molecule has 3 nitrogen and oxygen atoms in total. The molecule has 1 aliphatic heterocycles. The summed E-state index contributed by atoms with van der Waals surface area (Å²) >= 11 is 0. The van der Waals surface area contributed by atoms with Gasteiger partial charge >= 0.3 is 0 Å². The molecule has 1 N–H and O–H groups in total. The van der Waals surface area contributed by atoms with E-state index in [2.05, 4.69) is 36.5 Å². The Kier molecular flexibility index (Phi) is 2.97. The number of carbonyl (C=O) groups is 1. The van der Waals surface area contributed by atoms with Gasteiger partial charge in [0, 0.05) is 13.0 Å². The van der Waals surface area contributed by atoms with Gasteiger partial charge in [-0.2, -0.15) is 0 Å².